The van der Waals surface area contributed by atoms with Crippen molar-refractivity contribution in [2.75, 3.05) is 31.1 Å². The van der Waals surface area contributed by atoms with Crippen molar-refractivity contribution in [2.45, 2.75) is 44.9 Å². The first-order valence-corrected chi connectivity index (χ1v) is 10.7. The minimum absolute atomic E-state index is 0.0639. The van der Waals surface area contributed by atoms with Gasteiger partial charge in [0, 0.05) is 38.4 Å². The highest BCUT2D eigenvalue weighted by Crippen LogP contribution is 2.23. The van der Waals surface area contributed by atoms with E-state index in [2.05, 4.69) is 44.6 Å². The molecule has 8 heteroatoms. The SMILES string of the molecule is Cc1ccn2c(CN3CCC[C@H](n4ncc(N5CC[C@H](O)C5)cc4=O)C3)cnc2c1. The molecule has 0 bridgehead atoms. The highest BCUT2D eigenvalue weighted by molar-refractivity contribution is 5.44. The number of imidazole rings is 1. The average Bonchev–Trinajstić information content (AvgIpc) is 3.34. The maximum Gasteiger partial charge on any atom is 0.269 e. The molecule has 2 aliphatic rings. The lowest BCUT2D eigenvalue weighted by molar-refractivity contribution is 0.158. The summed E-state index contributed by atoms with van der Waals surface area (Å²) in [5.41, 5.74) is 4.08. The predicted molar refractivity (Wildman–Crippen MR) is 115 cm³/mol. The Bertz CT molecular complexity index is 1110. The van der Waals surface area contributed by atoms with E-state index in [1.54, 1.807) is 16.9 Å². The van der Waals surface area contributed by atoms with Crippen molar-refractivity contribution in [3.05, 3.63) is 58.4 Å². The summed E-state index contributed by atoms with van der Waals surface area (Å²) in [6.45, 7) is 6.02. The second-order valence-corrected chi connectivity index (χ2v) is 8.60. The van der Waals surface area contributed by atoms with Crippen LogP contribution in [0.3, 0.4) is 0 Å². The summed E-state index contributed by atoms with van der Waals surface area (Å²) in [4.78, 5) is 21.7. The molecule has 0 aliphatic carbocycles. The van der Waals surface area contributed by atoms with Gasteiger partial charge in [0.15, 0.2) is 0 Å². The maximum atomic E-state index is 12.8. The Balaban J connectivity index is 1.31. The molecule has 158 valence electrons. The number of aliphatic hydroxyl groups excluding tert-OH is 1. The molecule has 0 saturated carbocycles. The highest BCUT2D eigenvalue weighted by atomic mass is 16.3. The van der Waals surface area contributed by atoms with Crippen LogP contribution >= 0.6 is 0 Å². The van der Waals surface area contributed by atoms with Crippen LogP contribution in [0.1, 0.15) is 36.6 Å². The normalized spacial score (nSPS) is 22.8. The monoisotopic (exact) mass is 408 g/mol. The summed E-state index contributed by atoms with van der Waals surface area (Å²) >= 11 is 0. The minimum atomic E-state index is -0.317. The first-order valence-electron chi connectivity index (χ1n) is 10.7. The number of anilines is 1. The molecule has 2 aliphatic heterocycles. The van der Waals surface area contributed by atoms with E-state index < -0.39 is 0 Å². The largest absolute Gasteiger partial charge is 0.391 e. The number of hydrogen-bond donors (Lipinski definition) is 1. The fourth-order valence-electron chi connectivity index (χ4n) is 4.69. The van der Waals surface area contributed by atoms with E-state index in [1.165, 1.54) is 5.56 Å². The number of aliphatic hydroxyl groups is 1. The third kappa shape index (κ3) is 3.73. The zero-order valence-electron chi connectivity index (χ0n) is 17.3. The molecule has 8 nitrogen and oxygen atoms in total. The highest BCUT2D eigenvalue weighted by Gasteiger charge is 2.25. The Morgan fingerprint density at radius 2 is 2.07 bits per heavy atom. The van der Waals surface area contributed by atoms with E-state index in [9.17, 15) is 9.90 Å². The number of hydrogen-bond acceptors (Lipinski definition) is 6. The molecule has 5 rings (SSSR count). The van der Waals surface area contributed by atoms with Gasteiger partial charge in [-0.15, -0.1) is 0 Å². The van der Waals surface area contributed by atoms with Gasteiger partial charge in [0.25, 0.3) is 5.56 Å². The second kappa shape index (κ2) is 7.85. The maximum absolute atomic E-state index is 12.8. The van der Waals surface area contributed by atoms with Gasteiger partial charge in [-0.2, -0.15) is 5.10 Å². The Morgan fingerprint density at radius 1 is 1.17 bits per heavy atom. The van der Waals surface area contributed by atoms with E-state index in [4.69, 9.17) is 0 Å². The third-order valence-corrected chi connectivity index (χ3v) is 6.30. The standard InChI is InChI=1S/C22H28N6O2/c1-16-4-8-27-19(11-23-21(27)9-16)14-25-6-2-3-17(13-25)28-22(30)10-18(12-24-28)26-7-5-20(29)15-26/h4,8-12,17,20,29H,2-3,5-7,13-15H2,1H3/t17-,20-/m0/s1. The first-order chi connectivity index (χ1) is 14.6. The molecule has 0 amide bonds. The van der Waals surface area contributed by atoms with Crippen LogP contribution in [0, 0.1) is 6.92 Å². The molecular formula is C22H28N6O2. The molecule has 0 radical (unpaired) electrons. The fourth-order valence-corrected chi connectivity index (χ4v) is 4.69. The number of rotatable bonds is 4. The van der Waals surface area contributed by atoms with Gasteiger partial charge in [-0.3, -0.25) is 9.69 Å². The van der Waals surface area contributed by atoms with Gasteiger partial charge in [-0.05, 0) is 50.4 Å². The average molecular weight is 409 g/mol. The van der Waals surface area contributed by atoms with Gasteiger partial charge in [0.2, 0.25) is 0 Å². The number of nitrogens with zero attached hydrogens (tertiary/aromatic N) is 6. The summed E-state index contributed by atoms with van der Waals surface area (Å²) in [5, 5.41) is 14.2. The van der Waals surface area contributed by atoms with E-state index in [0.717, 1.165) is 62.5 Å². The molecule has 2 fully saturated rings. The number of aryl methyl sites for hydroxylation is 1. The van der Waals surface area contributed by atoms with Gasteiger partial charge in [0.05, 0.1) is 35.9 Å². The molecule has 5 heterocycles. The van der Waals surface area contributed by atoms with Crippen molar-refractivity contribution in [1.29, 1.82) is 0 Å². The van der Waals surface area contributed by atoms with Gasteiger partial charge in [0.1, 0.15) is 5.65 Å². The predicted octanol–water partition coefficient (Wildman–Crippen LogP) is 1.61. The zero-order valence-corrected chi connectivity index (χ0v) is 17.3. The summed E-state index contributed by atoms with van der Waals surface area (Å²) in [5.74, 6) is 0. The lowest BCUT2D eigenvalue weighted by atomic mass is 10.1. The van der Waals surface area contributed by atoms with Crippen molar-refractivity contribution in [1.82, 2.24) is 24.1 Å². The smallest absolute Gasteiger partial charge is 0.269 e. The first kappa shape index (κ1) is 19.3. The van der Waals surface area contributed by atoms with Gasteiger partial charge in [-0.25, -0.2) is 9.67 Å². The Hall–Kier alpha value is -2.71. The van der Waals surface area contributed by atoms with Crippen LogP contribution in [0.2, 0.25) is 0 Å². The van der Waals surface area contributed by atoms with Crippen molar-refractivity contribution < 1.29 is 5.11 Å². The second-order valence-electron chi connectivity index (χ2n) is 8.60. The molecule has 3 aromatic rings. The number of likely N-dealkylation sites (tertiary alicyclic amines) is 1. The lowest BCUT2D eigenvalue weighted by Crippen LogP contribution is -2.40. The molecule has 0 unspecified atom stereocenters. The minimum Gasteiger partial charge on any atom is -0.391 e. The molecule has 30 heavy (non-hydrogen) atoms. The number of β-amino-alcohol motifs (C(OH)–C–C–N with tert-alkyl or cyclic N) is 1. The van der Waals surface area contributed by atoms with E-state index in [0.29, 0.717) is 6.54 Å². The quantitative estimate of drug-likeness (QED) is 0.707. The van der Waals surface area contributed by atoms with Gasteiger partial charge < -0.3 is 14.4 Å². The van der Waals surface area contributed by atoms with Crippen molar-refractivity contribution in [3.63, 3.8) is 0 Å². The van der Waals surface area contributed by atoms with Crippen molar-refractivity contribution in [3.8, 4) is 0 Å². The summed E-state index contributed by atoms with van der Waals surface area (Å²) in [7, 11) is 0. The third-order valence-electron chi connectivity index (χ3n) is 6.30. The molecule has 0 spiro atoms. The van der Waals surface area contributed by atoms with Crippen molar-refractivity contribution in [2.24, 2.45) is 0 Å². The molecule has 1 N–H and O–H groups in total. The molecular weight excluding hydrogens is 380 g/mol. The summed E-state index contributed by atoms with van der Waals surface area (Å²) in [6, 6.07) is 5.93. The van der Waals surface area contributed by atoms with Crippen LogP contribution in [0.15, 0.2) is 41.6 Å². The summed E-state index contributed by atoms with van der Waals surface area (Å²) < 4.78 is 3.78. The van der Waals surface area contributed by atoms with Crippen LogP contribution in [-0.4, -0.2) is 61.5 Å². The van der Waals surface area contributed by atoms with Crippen LogP contribution in [0.25, 0.3) is 5.65 Å². The zero-order chi connectivity index (χ0) is 20.7. The van der Waals surface area contributed by atoms with Crippen LogP contribution in [0.4, 0.5) is 5.69 Å². The van der Waals surface area contributed by atoms with E-state index >= 15 is 0 Å². The number of pyridine rings is 1. The van der Waals surface area contributed by atoms with Crippen molar-refractivity contribution >= 4 is 11.3 Å². The Labute approximate surface area is 175 Å². The van der Waals surface area contributed by atoms with Crippen LogP contribution in [-0.2, 0) is 6.54 Å². The fraction of sp³-hybridized carbons (Fsp3) is 0.500. The van der Waals surface area contributed by atoms with Crippen LogP contribution in [0.5, 0.6) is 0 Å². The van der Waals surface area contributed by atoms with Gasteiger partial charge >= 0.3 is 0 Å². The van der Waals surface area contributed by atoms with E-state index in [-0.39, 0.29) is 17.7 Å². The lowest BCUT2D eigenvalue weighted by Gasteiger charge is -2.33. The number of piperidine rings is 1. The van der Waals surface area contributed by atoms with Crippen LogP contribution < -0.4 is 10.5 Å². The molecule has 0 aromatic carbocycles. The molecule has 2 atom stereocenters. The molecule has 3 aromatic heterocycles. The van der Waals surface area contributed by atoms with Gasteiger partial charge in [-0.1, -0.05) is 0 Å². The Kier molecular flexibility index (Phi) is 5.04. The summed E-state index contributed by atoms with van der Waals surface area (Å²) in [6.07, 6.45) is 8.21. The van der Waals surface area contributed by atoms with E-state index in [1.807, 2.05) is 11.1 Å². The number of fused-ring (bicyclic) bond motifs is 1. The Morgan fingerprint density at radius 3 is 2.87 bits per heavy atom. The molecule has 2 saturated heterocycles. The number of aromatic nitrogens is 4. The topological polar surface area (TPSA) is 78.9 Å².